The summed E-state index contributed by atoms with van der Waals surface area (Å²) >= 11 is 0. The molecule has 0 bridgehead atoms. The van der Waals surface area contributed by atoms with E-state index in [1.165, 1.54) is 22.9 Å². The Balaban J connectivity index is 1.54. The Morgan fingerprint density at radius 1 is 1.00 bits per heavy atom. The molecule has 2 aliphatic heterocycles. The van der Waals surface area contributed by atoms with Gasteiger partial charge < -0.3 is 14.8 Å². The second-order valence-electron chi connectivity index (χ2n) is 8.45. The maximum atomic E-state index is 13.7. The van der Waals surface area contributed by atoms with Gasteiger partial charge in [-0.2, -0.15) is 14.9 Å². The van der Waals surface area contributed by atoms with Gasteiger partial charge in [0.2, 0.25) is 5.79 Å². The minimum atomic E-state index is -0.774. The van der Waals surface area contributed by atoms with Crippen molar-refractivity contribution >= 4 is 5.82 Å². The quantitative estimate of drug-likeness (QED) is 0.506. The van der Waals surface area contributed by atoms with Gasteiger partial charge in [-0.25, -0.2) is 9.07 Å². The van der Waals surface area contributed by atoms with Crippen molar-refractivity contribution in [3.05, 3.63) is 82.4 Å². The number of halogens is 1. The van der Waals surface area contributed by atoms with Crippen molar-refractivity contribution in [3.63, 3.8) is 0 Å². The van der Waals surface area contributed by atoms with E-state index >= 15 is 0 Å². The summed E-state index contributed by atoms with van der Waals surface area (Å²) in [6.07, 6.45) is 0. The number of aryl methyl sites for hydroxylation is 1. The van der Waals surface area contributed by atoms with Crippen LogP contribution < -0.4 is 10.9 Å². The highest BCUT2D eigenvalue weighted by Gasteiger charge is 2.42. The first kappa shape index (κ1) is 20.8. The van der Waals surface area contributed by atoms with Crippen molar-refractivity contribution in [2.75, 3.05) is 25.1 Å². The number of hydrogen-bond donors (Lipinski definition) is 1. The van der Waals surface area contributed by atoms with E-state index in [9.17, 15) is 9.18 Å². The summed E-state index contributed by atoms with van der Waals surface area (Å²) < 4.78 is 28.6. The number of hydrogen-bond acceptors (Lipinski definition) is 6. The number of aromatic nitrogens is 4. The number of nitrogens with zero attached hydrogens (tertiary/aromatic N) is 4. The molecule has 9 heteroatoms. The molecule has 0 radical (unpaired) electrons. The molecule has 0 amide bonds. The summed E-state index contributed by atoms with van der Waals surface area (Å²) in [6, 6.07) is 16.9. The molecule has 0 unspecified atom stereocenters. The SMILES string of the molecule is Cc1ccccc1-n1nc(-c2c(-c3ccc(F)cc3)nn3c2NCC2(C3)OCCO2)ccc1=O. The number of anilines is 1. The van der Waals surface area contributed by atoms with E-state index in [4.69, 9.17) is 19.7 Å². The van der Waals surface area contributed by atoms with Gasteiger partial charge in [-0.15, -0.1) is 0 Å². The molecule has 2 aliphatic rings. The third-order valence-electron chi connectivity index (χ3n) is 6.20. The van der Waals surface area contributed by atoms with Gasteiger partial charge in [0.1, 0.15) is 17.3 Å². The number of rotatable bonds is 3. The number of fused-ring (bicyclic) bond motifs is 1. The lowest BCUT2D eigenvalue weighted by Crippen LogP contribution is -2.46. The highest BCUT2D eigenvalue weighted by molar-refractivity contribution is 5.87. The Kier molecular flexibility index (Phi) is 4.82. The van der Waals surface area contributed by atoms with Crippen LogP contribution in [0.1, 0.15) is 5.56 Å². The molecular weight excluding hydrogens is 437 g/mol. The second-order valence-corrected chi connectivity index (χ2v) is 8.45. The summed E-state index contributed by atoms with van der Waals surface area (Å²) in [6.45, 7) is 3.84. The van der Waals surface area contributed by atoms with Crippen molar-refractivity contribution in [3.8, 4) is 28.2 Å². The minimum Gasteiger partial charge on any atom is -0.364 e. The molecule has 6 rings (SSSR count). The van der Waals surface area contributed by atoms with Crippen LogP contribution in [0.3, 0.4) is 0 Å². The monoisotopic (exact) mass is 459 g/mol. The standard InChI is InChI=1S/C25H22FN5O3/c1-16-4-2-3-5-20(16)31-21(32)11-10-19(28-31)22-23(17-6-8-18(26)9-7-17)29-30-15-25(14-27-24(22)30)33-12-13-34-25/h2-11,27H,12-15H2,1H3. The van der Waals surface area contributed by atoms with E-state index < -0.39 is 5.79 Å². The molecule has 0 saturated carbocycles. The molecule has 1 saturated heterocycles. The molecule has 8 nitrogen and oxygen atoms in total. The average molecular weight is 459 g/mol. The topological polar surface area (TPSA) is 83.2 Å². The molecular formula is C25H22FN5O3. The van der Waals surface area contributed by atoms with Crippen LogP contribution >= 0.6 is 0 Å². The van der Waals surface area contributed by atoms with E-state index in [0.717, 1.165) is 22.5 Å². The van der Waals surface area contributed by atoms with Gasteiger partial charge in [0.15, 0.2) is 0 Å². The Hall–Kier alpha value is -3.82. The first-order valence-electron chi connectivity index (χ1n) is 11.1. The van der Waals surface area contributed by atoms with Crippen molar-refractivity contribution in [1.29, 1.82) is 0 Å². The summed E-state index contributed by atoms with van der Waals surface area (Å²) in [5, 5.41) is 13.0. The maximum absolute atomic E-state index is 13.7. The maximum Gasteiger partial charge on any atom is 0.271 e. The van der Waals surface area contributed by atoms with Crippen LogP contribution in [0.15, 0.2) is 65.5 Å². The lowest BCUT2D eigenvalue weighted by molar-refractivity contribution is -0.160. The van der Waals surface area contributed by atoms with Crippen molar-refractivity contribution < 1.29 is 13.9 Å². The highest BCUT2D eigenvalue weighted by Crippen LogP contribution is 2.40. The van der Waals surface area contributed by atoms with Crippen LogP contribution in [0, 0.1) is 12.7 Å². The number of ether oxygens (including phenoxy) is 2. The van der Waals surface area contributed by atoms with Gasteiger partial charge in [-0.1, -0.05) is 18.2 Å². The lowest BCUT2D eigenvalue weighted by atomic mass is 10.0. The Morgan fingerprint density at radius 3 is 2.53 bits per heavy atom. The van der Waals surface area contributed by atoms with Gasteiger partial charge in [0.05, 0.1) is 43.2 Å². The molecule has 0 aliphatic carbocycles. The van der Waals surface area contributed by atoms with Crippen LogP contribution in [-0.4, -0.2) is 45.1 Å². The van der Waals surface area contributed by atoms with Crippen LogP contribution in [0.4, 0.5) is 10.2 Å². The van der Waals surface area contributed by atoms with Gasteiger partial charge in [-0.3, -0.25) is 4.79 Å². The summed E-state index contributed by atoms with van der Waals surface area (Å²) in [5.41, 5.74) is 4.06. The van der Waals surface area contributed by atoms with Gasteiger partial charge in [0.25, 0.3) is 5.56 Å². The van der Waals surface area contributed by atoms with E-state index in [1.54, 1.807) is 22.9 Å². The fourth-order valence-electron chi connectivity index (χ4n) is 4.52. The smallest absolute Gasteiger partial charge is 0.271 e. The summed E-state index contributed by atoms with van der Waals surface area (Å²) in [4.78, 5) is 12.7. The van der Waals surface area contributed by atoms with Crippen molar-refractivity contribution in [2.45, 2.75) is 19.3 Å². The Bertz CT molecular complexity index is 1440. The van der Waals surface area contributed by atoms with Gasteiger partial charge >= 0.3 is 0 Å². The molecule has 4 heterocycles. The Labute approximate surface area is 194 Å². The van der Waals surface area contributed by atoms with Gasteiger partial charge in [-0.05, 0) is 48.9 Å². The van der Waals surface area contributed by atoms with E-state index in [2.05, 4.69) is 5.32 Å². The zero-order valence-electron chi connectivity index (χ0n) is 18.5. The largest absolute Gasteiger partial charge is 0.364 e. The van der Waals surface area contributed by atoms with Crippen LogP contribution in [0.2, 0.25) is 0 Å². The normalized spacial score (nSPS) is 16.4. The fraction of sp³-hybridized carbons (Fsp3) is 0.240. The highest BCUT2D eigenvalue weighted by atomic mass is 19.1. The molecule has 0 atom stereocenters. The number of para-hydroxylation sites is 1. The minimum absolute atomic E-state index is 0.234. The Morgan fingerprint density at radius 2 is 1.76 bits per heavy atom. The third kappa shape index (κ3) is 3.41. The average Bonchev–Trinajstić information content (AvgIpc) is 3.45. The van der Waals surface area contributed by atoms with Crippen LogP contribution in [-0.2, 0) is 16.0 Å². The molecule has 2 aromatic carbocycles. The zero-order chi connectivity index (χ0) is 23.3. The molecule has 2 aromatic heterocycles. The second kappa shape index (κ2) is 7.89. The summed E-state index contributed by atoms with van der Waals surface area (Å²) in [7, 11) is 0. The summed E-state index contributed by atoms with van der Waals surface area (Å²) in [5.74, 6) is -0.360. The molecule has 1 N–H and O–H groups in total. The molecule has 34 heavy (non-hydrogen) atoms. The van der Waals surface area contributed by atoms with Crippen LogP contribution in [0.25, 0.3) is 28.2 Å². The van der Waals surface area contributed by atoms with Crippen molar-refractivity contribution in [1.82, 2.24) is 19.6 Å². The molecule has 4 aromatic rings. The number of nitrogens with one attached hydrogen (secondary N) is 1. The predicted molar refractivity (Wildman–Crippen MR) is 124 cm³/mol. The van der Waals surface area contributed by atoms with Crippen molar-refractivity contribution in [2.24, 2.45) is 0 Å². The first-order valence-corrected chi connectivity index (χ1v) is 11.1. The third-order valence-corrected chi connectivity index (χ3v) is 6.20. The lowest BCUT2D eigenvalue weighted by Gasteiger charge is -2.33. The molecule has 1 fully saturated rings. The molecule has 1 spiro atoms. The zero-order valence-corrected chi connectivity index (χ0v) is 18.5. The first-order chi connectivity index (χ1) is 16.5. The van der Waals surface area contributed by atoms with Gasteiger partial charge in [0, 0.05) is 11.6 Å². The predicted octanol–water partition coefficient (Wildman–Crippen LogP) is 3.38. The fourth-order valence-corrected chi connectivity index (χ4v) is 4.52. The number of benzene rings is 2. The van der Waals surface area contributed by atoms with E-state index in [0.29, 0.717) is 43.4 Å². The van der Waals surface area contributed by atoms with E-state index in [-0.39, 0.29) is 11.4 Å². The van der Waals surface area contributed by atoms with E-state index in [1.807, 2.05) is 31.2 Å². The van der Waals surface area contributed by atoms with Crippen LogP contribution in [0.5, 0.6) is 0 Å². The molecule has 172 valence electrons.